The van der Waals surface area contributed by atoms with Gasteiger partial charge in [-0.1, -0.05) is 0 Å². The van der Waals surface area contributed by atoms with Crippen molar-refractivity contribution in [1.29, 1.82) is 0 Å². The van der Waals surface area contributed by atoms with Gasteiger partial charge in [0.25, 0.3) is 5.91 Å². The van der Waals surface area contributed by atoms with Gasteiger partial charge in [-0.05, 0) is 6.26 Å². The first-order chi connectivity index (χ1) is 13.4. The Balaban J connectivity index is 1.85. The summed E-state index contributed by atoms with van der Waals surface area (Å²) in [6, 6.07) is -0.949. The van der Waals surface area contributed by atoms with Crippen molar-refractivity contribution in [3.63, 3.8) is 0 Å². The minimum atomic E-state index is -1.05. The van der Waals surface area contributed by atoms with Gasteiger partial charge in [0, 0.05) is 23.4 Å². The molecule has 0 saturated carbocycles. The molecule has 1 aromatic rings. The van der Waals surface area contributed by atoms with Crippen LogP contribution in [0, 0.1) is 5.41 Å². The second-order valence-electron chi connectivity index (χ2n) is 6.23. The Bertz CT molecular complexity index is 832. The first-order valence-corrected chi connectivity index (χ1v) is 11.3. The standard InChI is InChI=1S/C15H16N4O6S3/c1-26-5-15(13(24)25)4-18-11(23)10(12(18)28-6-15)19(9(22)2-20)8-3-27-14(17-8)16-7-21/h2-3,7,10,12H,4-6H2,1H3,(H,24,25)(H,16,17,21)/t10?,12-,15?/m1/s1. The highest BCUT2D eigenvalue weighted by molar-refractivity contribution is 8.00. The summed E-state index contributed by atoms with van der Waals surface area (Å²) >= 11 is 3.72. The maximum Gasteiger partial charge on any atom is 0.313 e. The van der Waals surface area contributed by atoms with Gasteiger partial charge in [0.05, 0.1) is 0 Å². The SMILES string of the molecule is CSCC1(C(=O)O)CS[C@@H]2C(N(C(=O)C=O)c3csc(NC=O)n3)C(=O)N2C1. The number of aliphatic carboxylic acids is 1. The average Bonchev–Trinajstić information content (AvgIpc) is 3.14. The fraction of sp³-hybridized carbons (Fsp3) is 0.467. The van der Waals surface area contributed by atoms with Crippen LogP contribution in [-0.4, -0.2) is 81.2 Å². The molecule has 2 unspecified atom stereocenters. The highest BCUT2D eigenvalue weighted by Gasteiger charge is 2.59. The highest BCUT2D eigenvalue weighted by atomic mass is 32.2. The zero-order valence-corrected chi connectivity index (χ0v) is 17.0. The van der Waals surface area contributed by atoms with Crippen LogP contribution in [0.4, 0.5) is 10.9 Å². The molecule has 0 spiro atoms. The smallest absolute Gasteiger partial charge is 0.313 e. The number of hydrogen-bond acceptors (Lipinski definition) is 9. The molecule has 2 saturated heterocycles. The number of carboxylic acid groups (broad SMARTS) is 1. The molecule has 2 N–H and O–H groups in total. The number of amides is 3. The Morgan fingerprint density at radius 3 is 2.89 bits per heavy atom. The molecule has 0 aliphatic carbocycles. The fourth-order valence-corrected chi connectivity index (χ4v) is 6.44. The third-order valence-electron chi connectivity index (χ3n) is 4.53. The Morgan fingerprint density at radius 2 is 2.29 bits per heavy atom. The van der Waals surface area contributed by atoms with Crippen molar-refractivity contribution < 1.29 is 29.1 Å². The zero-order valence-electron chi connectivity index (χ0n) is 14.6. The lowest BCUT2D eigenvalue weighted by Crippen LogP contribution is -2.75. The molecule has 0 radical (unpaired) electrons. The molecule has 0 aromatic carbocycles. The molecule has 150 valence electrons. The summed E-state index contributed by atoms with van der Waals surface area (Å²) < 4.78 is 0. The third kappa shape index (κ3) is 3.37. The molecule has 3 rings (SSSR count). The molecule has 3 amide bonds. The van der Waals surface area contributed by atoms with Crippen molar-refractivity contribution in [2.45, 2.75) is 11.4 Å². The van der Waals surface area contributed by atoms with E-state index in [9.17, 15) is 29.1 Å². The van der Waals surface area contributed by atoms with Crippen LogP contribution in [0.25, 0.3) is 0 Å². The summed E-state index contributed by atoms with van der Waals surface area (Å²) in [5.74, 6) is -1.59. The molecule has 3 atom stereocenters. The van der Waals surface area contributed by atoms with Crippen LogP contribution in [0.3, 0.4) is 0 Å². The number of aromatic nitrogens is 1. The lowest BCUT2D eigenvalue weighted by molar-refractivity contribution is -0.156. The van der Waals surface area contributed by atoms with Crippen molar-refractivity contribution in [3.8, 4) is 0 Å². The summed E-state index contributed by atoms with van der Waals surface area (Å²) in [6.07, 6.45) is 2.34. The van der Waals surface area contributed by atoms with Gasteiger partial charge in [0.2, 0.25) is 18.6 Å². The summed E-state index contributed by atoms with van der Waals surface area (Å²) in [5, 5.41) is 13.2. The van der Waals surface area contributed by atoms with Crippen molar-refractivity contribution in [2.75, 3.05) is 34.5 Å². The number of rotatable bonds is 8. The van der Waals surface area contributed by atoms with Gasteiger partial charge < -0.3 is 15.3 Å². The lowest BCUT2D eigenvalue weighted by Gasteiger charge is -2.55. The lowest BCUT2D eigenvalue weighted by atomic mass is 9.89. The predicted octanol–water partition coefficient (Wildman–Crippen LogP) is -0.0390. The second-order valence-corrected chi connectivity index (χ2v) is 9.06. The average molecular weight is 445 g/mol. The summed E-state index contributed by atoms with van der Waals surface area (Å²) in [7, 11) is 0. The minimum Gasteiger partial charge on any atom is -0.481 e. The number of hydrogen-bond donors (Lipinski definition) is 2. The van der Waals surface area contributed by atoms with Crippen LogP contribution in [0.2, 0.25) is 0 Å². The van der Waals surface area contributed by atoms with Crippen molar-refractivity contribution in [1.82, 2.24) is 9.88 Å². The molecule has 2 aliphatic heterocycles. The second kappa shape index (κ2) is 8.09. The van der Waals surface area contributed by atoms with Crippen molar-refractivity contribution >= 4 is 76.3 Å². The quantitative estimate of drug-likeness (QED) is 0.321. The maximum absolute atomic E-state index is 12.8. The number of nitrogens with zero attached hydrogens (tertiary/aromatic N) is 3. The first kappa shape index (κ1) is 20.6. The largest absolute Gasteiger partial charge is 0.481 e. The van der Waals surface area contributed by atoms with E-state index < -0.39 is 34.6 Å². The van der Waals surface area contributed by atoms with Crippen LogP contribution in [0.15, 0.2) is 5.38 Å². The Hall–Kier alpha value is -2.12. The van der Waals surface area contributed by atoms with Crippen LogP contribution >= 0.6 is 34.9 Å². The number of aldehydes is 1. The highest BCUT2D eigenvalue weighted by Crippen LogP contribution is 2.45. The van der Waals surface area contributed by atoms with Crippen LogP contribution in [0.1, 0.15) is 0 Å². The van der Waals surface area contributed by atoms with Gasteiger partial charge >= 0.3 is 5.97 Å². The van der Waals surface area contributed by atoms with E-state index in [-0.39, 0.29) is 29.5 Å². The molecule has 13 heteroatoms. The number of thiazole rings is 1. The van der Waals surface area contributed by atoms with E-state index in [0.717, 1.165) is 16.2 Å². The number of fused-ring (bicyclic) bond motifs is 1. The maximum atomic E-state index is 12.8. The number of carbonyl (C=O) groups excluding carboxylic acids is 4. The van der Waals surface area contributed by atoms with E-state index in [4.69, 9.17) is 0 Å². The van der Waals surface area contributed by atoms with Gasteiger partial charge in [0.1, 0.15) is 22.6 Å². The number of carbonyl (C=O) groups is 5. The fourth-order valence-electron chi connectivity index (χ4n) is 3.21. The monoisotopic (exact) mass is 444 g/mol. The number of nitrogens with one attached hydrogen (secondary N) is 1. The summed E-state index contributed by atoms with van der Waals surface area (Å²) in [5.41, 5.74) is -1.05. The number of β-lactam (4-membered cyclic amide) rings is 1. The Morgan fingerprint density at radius 1 is 1.54 bits per heavy atom. The van der Waals surface area contributed by atoms with Crippen LogP contribution in [0.5, 0.6) is 0 Å². The molecule has 3 heterocycles. The van der Waals surface area contributed by atoms with Crippen molar-refractivity contribution in [3.05, 3.63) is 5.38 Å². The number of anilines is 2. The topological polar surface area (TPSA) is 137 Å². The predicted molar refractivity (Wildman–Crippen MR) is 106 cm³/mol. The van der Waals surface area contributed by atoms with E-state index in [1.807, 2.05) is 0 Å². The number of carboxylic acids is 1. The minimum absolute atomic E-state index is 0.0499. The van der Waals surface area contributed by atoms with Crippen molar-refractivity contribution in [2.24, 2.45) is 5.41 Å². The normalized spacial score (nSPS) is 26.0. The van der Waals surface area contributed by atoms with Gasteiger partial charge in [-0.15, -0.1) is 23.1 Å². The Kier molecular flexibility index (Phi) is 5.95. The zero-order chi connectivity index (χ0) is 20.5. The molecule has 28 heavy (non-hydrogen) atoms. The Labute approximate surface area is 172 Å². The molecule has 2 aliphatic rings. The number of thioether (sulfide) groups is 2. The molecule has 2 fully saturated rings. The molecular weight excluding hydrogens is 428 g/mol. The van der Waals surface area contributed by atoms with Gasteiger partial charge in [0.15, 0.2) is 5.13 Å². The van der Waals surface area contributed by atoms with E-state index in [0.29, 0.717) is 12.2 Å². The van der Waals surface area contributed by atoms with Gasteiger partial charge in [-0.2, -0.15) is 11.8 Å². The van der Waals surface area contributed by atoms with E-state index >= 15 is 0 Å². The van der Waals surface area contributed by atoms with Gasteiger partial charge in [-0.3, -0.25) is 28.9 Å². The van der Waals surface area contributed by atoms with Crippen LogP contribution < -0.4 is 10.2 Å². The molecule has 10 nitrogen and oxygen atoms in total. The molecule has 0 bridgehead atoms. The van der Waals surface area contributed by atoms with E-state index in [2.05, 4.69) is 10.3 Å². The van der Waals surface area contributed by atoms with Gasteiger partial charge in [-0.25, -0.2) is 4.98 Å². The summed E-state index contributed by atoms with van der Waals surface area (Å²) in [6.45, 7) is 0.0499. The first-order valence-electron chi connectivity index (χ1n) is 7.97. The summed E-state index contributed by atoms with van der Waals surface area (Å²) in [4.78, 5) is 65.0. The van der Waals surface area contributed by atoms with E-state index in [1.54, 1.807) is 6.26 Å². The third-order valence-corrected chi connectivity index (χ3v) is 7.70. The molecular formula is C15H16N4O6S3. The molecule has 1 aromatic heterocycles. The van der Waals surface area contributed by atoms with Crippen LogP contribution in [-0.2, 0) is 24.0 Å². The van der Waals surface area contributed by atoms with E-state index in [1.165, 1.54) is 33.8 Å².